The molecular weight excluding hydrogens is 352 g/mol. The van der Waals surface area contributed by atoms with Crippen molar-refractivity contribution in [2.24, 2.45) is 0 Å². The van der Waals surface area contributed by atoms with Crippen molar-refractivity contribution < 1.29 is 19.4 Å². The van der Waals surface area contributed by atoms with Crippen LogP contribution in [0.25, 0.3) is 10.9 Å². The SMILES string of the molecule is CCc1c(C)sc(NC(=O)Cc2c[nH]c3cccc(OC)c23)c1C(=O)O. The summed E-state index contributed by atoms with van der Waals surface area (Å²) in [7, 11) is 1.59. The summed E-state index contributed by atoms with van der Waals surface area (Å²) >= 11 is 1.30. The van der Waals surface area contributed by atoms with Gasteiger partial charge in [-0.05, 0) is 36.6 Å². The maximum Gasteiger partial charge on any atom is 0.339 e. The Kier molecular flexibility index (Phi) is 4.99. The molecule has 0 atom stereocenters. The lowest BCUT2D eigenvalue weighted by Gasteiger charge is -2.07. The van der Waals surface area contributed by atoms with Crippen molar-refractivity contribution in [3.05, 3.63) is 46.0 Å². The van der Waals surface area contributed by atoms with Crippen LogP contribution in [-0.2, 0) is 17.6 Å². The summed E-state index contributed by atoms with van der Waals surface area (Å²) in [4.78, 5) is 28.2. The Balaban J connectivity index is 1.88. The molecular formula is C19H20N2O4S. The average Bonchev–Trinajstić information content (AvgIpc) is 3.15. The van der Waals surface area contributed by atoms with Gasteiger partial charge in [-0.3, -0.25) is 4.79 Å². The largest absolute Gasteiger partial charge is 0.496 e. The van der Waals surface area contributed by atoms with E-state index in [1.54, 1.807) is 13.3 Å². The van der Waals surface area contributed by atoms with Crippen molar-refractivity contribution in [1.82, 2.24) is 4.98 Å². The third-order valence-electron chi connectivity index (χ3n) is 4.35. The number of methoxy groups -OCH3 is 1. The zero-order chi connectivity index (χ0) is 18.8. The number of amides is 1. The van der Waals surface area contributed by atoms with Crippen LogP contribution in [0.15, 0.2) is 24.4 Å². The fourth-order valence-corrected chi connectivity index (χ4v) is 4.34. The van der Waals surface area contributed by atoms with E-state index < -0.39 is 5.97 Å². The van der Waals surface area contributed by atoms with Crippen LogP contribution in [0, 0.1) is 6.92 Å². The maximum absolute atomic E-state index is 12.6. The summed E-state index contributed by atoms with van der Waals surface area (Å²) in [5, 5.41) is 13.5. The first-order valence-corrected chi connectivity index (χ1v) is 9.06. The van der Waals surface area contributed by atoms with E-state index in [-0.39, 0.29) is 17.9 Å². The molecule has 0 saturated heterocycles. The maximum atomic E-state index is 12.6. The van der Waals surface area contributed by atoms with Gasteiger partial charge in [-0.25, -0.2) is 4.79 Å². The Morgan fingerprint density at radius 3 is 2.77 bits per heavy atom. The number of aromatic carboxylic acids is 1. The number of carbonyl (C=O) groups excluding carboxylic acids is 1. The van der Waals surface area contributed by atoms with Gasteiger partial charge in [0.25, 0.3) is 0 Å². The number of carboxylic acid groups (broad SMARTS) is 1. The number of rotatable bonds is 6. The summed E-state index contributed by atoms with van der Waals surface area (Å²) in [6.07, 6.45) is 2.51. The van der Waals surface area contributed by atoms with Gasteiger partial charge >= 0.3 is 5.97 Å². The minimum atomic E-state index is -1.02. The molecule has 0 saturated carbocycles. The Hall–Kier alpha value is -2.80. The predicted octanol–water partition coefficient (Wildman–Crippen LogP) is 3.99. The fraction of sp³-hybridized carbons (Fsp3) is 0.263. The Labute approximate surface area is 154 Å². The number of aromatic amines is 1. The highest BCUT2D eigenvalue weighted by molar-refractivity contribution is 7.16. The average molecular weight is 372 g/mol. The number of fused-ring (bicyclic) bond motifs is 1. The van der Waals surface area contributed by atoms with Gasteiger partial charge < -0.3 is 20.1 Å². The number of hydrogen-bond acceptors (Lipinski definition) is 4. The third-order valence-corrected chi connectivity index (χ3v) is 5.41. The molecule has 0 aliphatic heterocycles. The molecule has 0 bridgehead atoms. The predicted molar refractivity (Wildman–Crippen MR) is 103 cm³/mol. The van der Waals surface area contributed by atoms with Gasteiger partial charge in [-0.2, -0.15) is 0 Å². The van der Waals surface area contributed by atoms with Crippen molar-refractivity contribution in [3.8, 4) is 5.75 Å². The fourth-order valence-electron chi connectivity index (χ4n) is 3.19. The van der Waals surface area contributed by atoms with Gasteiger partial charge in [0.15, 0.2) is 0 Å². The van der Waals surface area contributed by atoms with E-state index in [1.165, 1.54) is 11.3 Å². The highest BCUT2D eigenvalue weighted by Crippen LogP contribution is 2.34. The number of anilines is 1. The number of carbonyl (C=O) groups is 2. The van der Waals surface area contributed by atoms with Crippen LogP contribution < -0.4 is 10.1 Å². The molecule has 0 fully saturated rings. The number of carboxylic acids is 1. The van der Waals surface area contributed by atoms with Gasteiger partial charge in [0.2, 0.25) is 5.91 Å². The summed E-state index contributed by atoms with van der Waals surface area (Å²) in [5.41, 5.74) is 2.65. The molecule has 26 heavy (non-hydrogen) atoms. The van der Waals surface area contributed by atoms with Crippen LogP contribution in [0.1, 0.15) is 33.3 Å². The molecule has 0 aliphatic carbocycles. The molecule has 0 spiro atoms. The number of benzene rings is 1. The normalized spacial score (nSPS) is 10.9. The molecule has 1 aromatic carbocycles. The van der Waals surface area contributed by atoms with Gasteiger partial charge in [0.05, 0.1) is 19.1 Å². The molecule has 6 nitrogen and oxygen atoms in total. The van der Waals surface area contributed by atoms with Crippen LogP contribution in [0.3, 0.4) is 0 Å². The highest BCUT2D eigenvalue weighted by atomic mass is 32.1. The lowest BCUT2D eigenvalue weighted by Crippen LogP contribution is -2.15. The zero-order valence-electron chi connectivity index (χ0n) is 14.8. The number of H-pyrrole nitrogens is 1. The van der Waals surface area contributed by atoms with Crippen LogP contribution in [0.5, 0.6) is 5.75 Å². The van der Waals surface area contributed by atoms with Crippen LogP contribution in [0.4, 0.5) is 5.00 Å². The molecule has 3 N–H and O–H groups in total. The summed E-state index contributed by atoms with van der Waals surface area (Å²) in [5.74, 6) is -0.587. The summed E-state index contributed by atoms with van der Waals surface area (Å²) < 4.78 is 5.38. The van der Waals surface area contributed by atoms with Crippen LogP contribution in [0.2, 0.25) is 0 Å². The number of thiophene rings is 1. The molecule has 1 amide bonds. The third kappa shape index (κ3) is 3.17. The minimum absolute atomic E-state index is 0.123. The van der Waals surface area contributed by atoms with E-state index in [2.05, 4.69) is 10.3 Å². The molecule has 2 aromatic heterocycles. The van der Waals surface area contributed by atoms with E-state index in [0.717, 1.165) is 26.9 Å². The molecule has 3 aromatic rings. The second-order valence-corrected chi connectivity index (χ2v) is 7.15. The number of hydrogen-bond donors (Lipinski definition) is 3. The Bertz CT molecular complexity index is 987. The second kappa shape index (κ2) is 7.21. The molecule has 7 heteroatoms. The first-order valence-electron chi connectivity index (χ1n) is 8.24. The molecule has 0 radical (unpaired) electrons. The number of aryl methyl sites for hydroxylation is 1. The van der Waals surface area contributed by atoms with E-state index >= 15 is 0 Å². The van der Waals surface area contributed by atoms with Crippen molar-refractivity contribution in [3.63, 3.8) is 0 Å². The highest BCUT2D eigenvalue weighted by Gasteiger charge is 2.22. The Morgan fingerprint density at radius 2 is 2.12 bits per heavy atom. The first-order chi connectivity index (χ1) is 12.5. The van der Waals surface area contributed by atoms with E-state index in [1.807, 2.05) is 32.0 Å². The standard InChI is InChI=1S/C19H20N2O4S/c1-4-12-10(2)26-18(17(12)19(23)24)21-15(22)8-11-9-20-13-6-5-7-14(25-3)16(11)13/h5-7,9,20H,4,8H2,1-3H3,(H,21,22)(H,23,24). The first kappa shape index (κ1) is 18.0. The molecule has 0 aliphatic rings. The molecule has 2 heterocycles. The van der Waals surface area contributed by atoms with Crippen molar-refractivity contribution >= 4 is 39.1 Å². The van der Waals surface area contributed by atoms with Crippen molar-refractivity contribution in [2.75, 3.05) is 12.4 Å². The summed E-state index contributed by atoms with van der Waals surface area (Å²) in [6, 6.07) is 5.63. The lowest BCUT2D eigenvalue weighted by atomic mass is 10.1. The molecule has 0 unspecified atom stereocenters. The van der Waals surface area contributed by atoms with E-state index in [4.69, 9.17) is 4.74 Å². The monoisotopic (exact) mass is 372 g/mol. The molecule has 136 valence electrons. The second-order valence-electron chi connectivity index (χ2n) is 5.92. The van der Waals surface area contributed by atoms with Crippen molar-refractivity contribution in [1.29, 1.82) is 0 Å². The van der Waals surface area contributed by atoms with Gasteiger partial charge in [0, 0.05) is 22.0 Å². The van der Waals surface area contributed by atoms with Crippen LogP contribution in [-0.4, -0.2) is 29.1 Å². The summed E-state index contributed by atoms with van der Waals surface area (Å²) in [6.45, 7) is 3.78. The smallest absolute Gasteiger partial charge is 0.339 e. The van der Waals surface area contributed by atoms with Gasteiger partial charge in [-0.1, -0.05) is 13.0 Å². The van der Waals surface area contributed by atoms with Gasteiger partial charge in [-0.15, -0.1) is 11.3 Å². The lowest BCUT2D eigenvalue weighted by molar-refractivity contribution is -0.115. The Morgan fingerprint density at radius 1 is 1.35 bits per heavy atom. The van der Waals surface area contributed by atoms with Crippen LogP contribution >= 0.6 is 11.3 Å². The van der Waals surface area contributed by atoms with Crippen molar-refractivity contribution in [2.45, 2.75) is 26.7 Å². The number of nitrogens with one attached hydrogen (secondary N) is 2. The van der Waals surface area contributed by atoms with E-state index in [0.29, 0.717) is 17.2 Å². The number of ether oxygens (including phenoxy) is 1. The van der Waals surface area contributed by atoms with Gasteiger partial charge in [0.1, 0.15) is 10.8 Å². The minimum Gasteiger partial charge on any atom is -0.496 e. The zero-order valence-corrected chi connectivity index (χ0v) is 15.6. The molecule has 3 rings (SSSR count). The quantitative estimate of drug-likeness (QED) is 0.610. The topological polar surface area (TPSA) is 91.4 Å². The number of aromatic nitrogens is 1. The van der Waals surface area contributed by atoms with E-state index in [9.17, 15) is 14.7 Å².